The lowest BCUT2D eigenvalue weighted by Crippen LogP contribution is -2.57. The number of allylic oxidation sites excluding steroid dienone is 1. The molecule has 3 rings (SSSR count). The number of hydrogen-bond acceptors (Lipinski definition) is 8. The predicted molar refractivity (Wildman–Crippen MR) is 197 cm³/mol. The quantitative estimate of drug-likeness (QED) is 0.207. The maximum Gasteiger partial charge on any atom is 0.329 e. The van der Waals surface area contributed by atoms with Gasteiger partial charge >= 0.3 is 11.9 Å². The van der Waals surface area contributed by atoms with Crippen molar-refractivity contribution in [1.29, 1.82) is 0 Å². The summed E-state index contributed by atoms with van der Waals surface area (Å²) in [5, 5.41) is 5.76. The summed E-state index contributed by atoms with van der Waals surface area (Å²) in [5.74, 6) is -5.42. The van der Waals surface area contributed by atoms with Gasteiger partial charge < -0.3 is 29.9 Å². The summed E-state index contributed by atoms with van der Waals surface area (Å²) in [6.45, 7) is 16.6. The van der Waals surface area contributed by atoms with E-state index in [1.165, 1.54) is 16.8 Å². The molecule has 0 spiro atoms. The second-order valence-electron chi connectivity index (χ2n) is 15.0. The van der Waals surface area contributed by atoms with E-state index in [1.54, 1.807) is 40.7 Å². The van der Waals surface area contributed by atoms with Crippen LogP contribution in [0.3, 0.4) is 0 Å². The van der Waals surface area contributed by atoms with Crippen molar-refractivity contribution in [2.75, 3.05) is 13.6 Å². The number of fused-ring (bicyclic) bond motifs is 1. The van der Waals surface area contributed by atoms with Crippen LogP contribution in [0.5, 0.6) is 0 Å². The van der Waals surface area contributed by atoms with E-state index in [9.17, 15) is 28.8 Å². The zero-order valence-electron chi connectivity index (χ0n) is 32.3. The number of nitrogens with zero attached hydrogens (tertiary/aromatic N) is 2. The van der Waals surface area contributed by atoms with Gasteiger partial charge in [0.25, 0.3) is 5.91 Å². The first-order chi connectivity index (χ1) is 24.6. The van der Waals surface area contributed by atoms with Gasteiger partial charge in [0.2, 0.25) is 17.7 Å². The molecule has 2 saturated heterocycles. The lowest BCUT2D eigenvalue weighted by Gasteiger charge is -2.35. The van der Waals surface area contributed by atoms with Gasteiger partial charge in [-0.05, 0) is 55.4 Å². The van der Waals surface area contributed by atoms with E-state index in [0.717, 1.165) is 5.56 Å². The monoisotopic (exact) mass is 724 g/mol. The second kappa shape index (κ2) is 19.6. The van der Waals surface area contributed by atoms with Crippen LogP contribution >= 0.6 is 0 Å². The van der Waals surface area contributed by atoms with E-state index in [2.05, 4.69) is 17.2 Å². The maximum absolute atomic E-state index is 14.3. The van der Waals surface area contributed by atoms with Crippen LogP contribution in [-0.4, -0.2) is 95.3 Å². The summed E-state index contributed by atoms with van der Waals surface area (Å²) in [5.41, 5.74) is 0.747. The molecule has 8 atom stereocenters. The molecule has 2 aliphatic heterocycles. The van der Waals surface area contributed by atoms with Gasteiger partial charge in [-0.2, -0.15) is 0 Å². The van der Waals surface area contributed by atoms with E-state index in [0.29, 0.717) is 38.5 Å². The Morgan fingerprint density at radius 2 is 1.54 bits per heavy atom. The molecule has 4 amide bonds. The van der Waals surface area contributed by atoms with Gasteiger partial charge in [-0.25, -0.2) is 9.59 Å². The van der Waals surface area contributed by atoms with Crippen LogP contribution in [0.4, 0.5) is 0 Å². The van der Waals surface area contributed by atoms with E-state index in [1.807, 2.05) is 44.2 Å². The number of nitrogens with one attached hydrogen (secondary N) is 2. The molecular formula is C40H60N4O8. The Morgan fingerprint density at radius 1 is 0.885 bits per heavy atom. The van der Waals surface area contributed by atoms with Gasteiger partial charge in [-0.3, -0.25) is 19.2 Å². The average Bonchev–Trinajstić information content (AvgIpc) is 3.61. The average molecular weight is 725 g/mol. The highest BCUT2D eigenvalue weighted by Crippen LogP contribution is 2.25. The molecule has 288 valence electrons. The number of esters is 2. The summed E-state index contributed by atoms with van der Waals surface area (Å²) in [6.07, 6.45) is 2.66. The van der Waals surface area contributed by atoms with Crippen LogP contribution in [0.1, 0.15) is 92.6 Å². The third kappa shape index (κ3) is 10.7. The Balaban J connectivity index is 2.14. The van der Waals surface area contributed by atoms with Gasteiger partial charge in [-0.15, -0.1) is 6.58 Å². The number of likely N-dealkylation sites (N-methyl/N-ethyl adjacent to an activating group) is 1. The fourth-order valence-electron chi connectivity index (χ4n) is 6.92. The Kier molecular flexibility index (Phi) is 15.9. The summed E-state index contributed by atoms with van der Waals surface area (Å²) in [7, 11) is 1.49. The van der Waals surface area contributed by atoms with Gasteiger partial charge in [-0.1, -0.05) is 91.3 Å². The minimum atomic E-state index is -1.29. The molecular weight excluding hydrogens is 664 g/mol. The molecule has 0 bridgehead atoms. The third-order valence-corrected chi connectivity index (χ3v) is 10.4. The molecule has 0 radical (unpaired) electrons. The Labute approximate surface area is 309 Å². The topological polar surface area (TPSA) is 151 Å². The van der Waals surface area contributed by atoms with Crippen molar-refractivity contribution < 1.29 is 38.2 Å². The highest BCUT2D eigenvalue weighted by atomic mass is 16.6. The van der Waals surface area contributed by atoms with Crippen molar-refractivity contribution in [1.82, 2.24) is 20.4 Å². The molecule has 12 heteroatoms. The molecule has 1 aromatic rings. The van der Waals surface area contributed by atoms with Crippen molar-refractivity contribution in [2.24, 2.45) is 23.7 Å². The number of carbonyl (C=O) groups is 6. The molecule has 0 saturated carbocycles. The first-order valence-corrected chi connectivity index (χ1v) is 18.9. The fourth-order valence-corrected chi connectivity index (χ4v) is 6.92. The summed E-state index contributed by atoms with van der Waals surface area (Å²) >= 11 is 0. The second-order valence-corrected chi connectivity index (χ2v) is 15.0. The van der Waals surface area contributed by atoms with Gasteiger partial charge in [0, 0.05) is 20.0 Å². The van der Waals surface area contributed by atoms with Crippen LogP contribution in [0, 0.1) is 23.7 Å². The van der Waals surface area contributed by atoms with Crippen molar-refractivity contribution in [3.63, 3.8) is 0 Å². The maximum atomic E-state index is 14.3. The van der Waals surface area contributed by atoms with Crippen molar-refractivity contribution >= 4 is 35.6 Å². The van der Waals surface area contributed by atoms with Gasteiger partial charge in [0.05, 0.1) is 5.92 Å². The zero-order chi connectivity index (χ0) is 38.7. The molecule has 1 aromatic carbocycles. The number of rotatable bonds is 10. The van der Waals surface area contributed by atoms with Crippen molar-refractivity contribution in [2.45, 2.75) is 130 Å². The Morgan fingerprint density at radius 3 is 2.13 bits per heavy atom. The van der Waals surface area contributed by atoms with Crippen molar-refractivity contribution in [3.8, 4) is 0 Å². The summed E-state index contributed by atoms with van der Waals surface area (Å²) in [6, 6.07) is 5.07. The molecule has 2 heterocycles. The lowest BCUT2D eigenvalue weighted by atomic mass is 9.94. The SMILES string of the molecule is C=CCCCC1OC(=O)[C@H]([C@H](C)CC)NC(=O)[C@@H]2CCCN2C(=O)[C@@H](Cc2ccccc2)OC(=O)[C@@H](C(C)C)N(C)C(=O)[C@H](C(C)C)NC(=O)[C@@H]1C. The van der Waals surface area contributed by atoms with Crippen LogP contribution in [0.15, 0.2) is 43.0 Å². The van der Waals surface area contributed by atoms with Gasteiger partial charge in [0.15, 0.2) is 6.10 Å². The fraction of sp³-hybridized carbons (Fsp3) is 0.650. The van der Waals surface area contributed by atoms with E-state index in [4.69, 9.17) is 9.47 Å². The molecule has 0 aromatic heterocycles. The number of hydrogen-bond donors (Lipinski definition) is 2. The molecule has 2 aliphatic rings. The highest BCUT2D eigenvalue weighted by Gasteiger charge is 2.44. The minimum absolute atomic E-state index is 0.0519. The molecule has 0 aliphatic carbocycles. The predicted octanol–water partition coefficient (Wildman–Crippen LogP) is 4.20. The van der Waals surface area contributed by atoms with E-state index in [-0.39, 0.29) is 24.8 Å². The number of benzene rings is 1. The number of carbonyl (C=O) groups excluding carboxylic acids is 6. The molecule has 2 fully saturated rings. The lowest BCUT2D eigenvalue weighted by molar-refractivity contribution is -0.168. The largest absolute Gasteiger partial charge is 0.460 e. The summed E-state index contributed by atoms with van der Waals surface area (Å²) in [4.78, 5) is 87.0. The van der Waals surface area contributed by atoms with Crippen LogP contribution in [-0.2, 0) is 44.7 Å². The molecule has 52 heavy (non-hydrogen) atoms. The number of ether oxygens (including phenoxy) is 2. The first-order valence-electron chi connectivity index (χ1n) is 18.9. The molecule has 2 N–H and O–H groups in total. The van der Waals surface area contributed by atoms with Crippen LogP contribution in [0.25, 0.3) is 0 Å². The molecule has 1 unspecified atom stereocenters. The third-order valence-electron chi connectivity index (χ3n) is 10.4. The number of unbranched alkanes of at least 4 members (excludes halogenated alkanes) is 1. The van der Waals surface area contributed by atoms with Crippen LogP contribution in [0.2, 0.25) is 0 Å². The Hall–Kier alpha value is -4.22. The highest BCUT2D eigenvalue weighted by molar-refractivity contribution is 5.95. The van der Waals surface area contributed by atoms with Gasteiger partial charge in [0.1, 0.15) is 30.3 Å². The smallest absolute Gasteiger partial charge is 0.329 e. The zero-order valence-corrected chi connectivity index (χ0v) is 32.3. The normalized spacial score (nSPS) is 27.9. The minimum Gasteiger partial charge on any atom is -0.460 e. The Bertz CT molecular complexity index is 1420. The van der Waals surface area contributed by atoms with Crippen molar-refractivity contribution in [3.05, 3.63) is 48.6 Å². The van der Waals surface area contributed by atoms with E-state index >= 15 is 0 Å². The summed E-state index contributed by atoms with van der Waals surface area (Å²) < 4.78 is 12.1. The first kappa shape index (κ1) is 42.2. The number of cyclic esters (lactones) is 2. The molecule has 12 nitrogen and oxygen atoms in total. The standard InChI is InChI=1S/C40H60N4O8/c1-10-12-14-21-30-27(8)35(45)41-32(24(3)4)38(48)43(9)34(25(5)6)40(50)52-31(23-28-18-15-13-16-19-28)37(47)44-22-17-20-29(44)36(46)42-33(26(7)11-2)39(49)51-30/h10,13,15-16,18-19,24-27,29-34H,1,11-12,14,17,20-23H2,2-9H3,(H,41,45)(H,42,46)/t26-,27-,29+,30?,31-,32+,33+,34-/m1/s1. The number of amides is 4. The van der Waals surface area contributed by atoms with E-state index < -0.39 is 83.8 Å². The van der Waals surface area contributed by atoms with Crippen LogP contribution < -0.4 is 10.6 Å².